The maximum atomic E-state index is 12.4. The Morgan fingerprint density at radius 1 is 1.15 bits per heavy atom. The molecule has 2 N–H and O–H groups in total. The molecule has 1 aliphatic rings. The van der Waals surface area contributed by atoms with Crippen molar-refractivity contribution in [2.75, 3.05) is 42.9 Å². The first-order valence-electron chi connectivity index (χ1n) is 9.13. The number of hydrogen-bond acceptors (Lipinski definition) is 4. The molecule has 0 radical (unpaired) electrons. The molecule has 2 aromatic rings. The smallest absolute Gasteiger partial charge is 0.279 e. The Bertz CT molecular complexity index is 845. The van der Waals surface area contributed by atoms with Crippen molar-refractivity contribution >= 4 is 23.0 Å². The summed E-state index contributed by atoms with van der Waals surface area (Å²) in [5.41, 5.74) is 3.89. The number of non-ortho nitro benzene ring substituents is 1. The second-order valence-electron chi connectivity index (χ2n) is 7.00. The topological polar surface area (TPSA) is 79.9 Å². The quantitative estimate of drug-likeness (QED) is 0.619. The number of rotatable bonds is 5. The second kappa shape index (κ2) is 8.18. The molecule has 0 aliphatic carbocycles. The van der Waals surface area contributed by atoms with Crippen molar-refractivity contribution in [3.05, 3.63) is 63.7 Å². The van der Waals surface area contributed by atoms with Gasteiger partial charge in [0.05, 0.1) is 31.1 Å². The van der Waals surface area contributed by atoms with E-state index in [0.29, 0.717) is 17.8 Å². The minimum atomic E-state index is -0.434. The maximum Gasteiger partial charge on any atom is 0.279 e. The summed E-state index contributed by atoms with van der Waals surface area (Å²) in [6.07, 6.45) is 0. The molecule has 2 aromatic carbocycles. The zero-order valence-corrected chi connectivity index (χ0v) is 15.7. The monoisotopic (exact) mass is 369 g/mol. The van der Waals surface area contributed by atoms with E-state index in [-0.39, 0.29) is 11.6 Å². The number of anilines is 2. The van der Waals surface area contributed by atoms with Gasteiger partial charge in [-0.25, -0.2) is 0 Å². The number of carbonyl (C=O) groups is 1. The van der Waals surface area contributed by atoms with Crippen LogP contribution in [0.5, 0.6) is 0 Å². The highest BCUT2D eigenvalue weighted by molar-refractivity contribution is 5.92. The number of benzene rings is 2. The lowest BCUT2D eigenvalue weighted by molar-refractivity contribution is -0.892. The van der Waals surface area contributed by atoms with Crippen LogP contribution in [0.1, 0.15) is 11.1 Å². The van der Waals surface area contributed by atoms with Crippen molar-refractivity contribution in [2.24, 2.45) is 0 Å². The zero-order valence-electron chi connectivity index (χ0n) is 15.7. The number of nitro groups is 1. The molecule has 0 unspecified atom stereocenters. The highest BCUT2D eigenvalue weighted by atomic mass is 16.6. The fraction of sp³-hybridized carbons (Fsp3) is 0.350. The second-order valence-corrected chi connectivity index (χ2v) is 7.00. The summed E-state index contributed by atoms with van der Waals surface area (Å²) in [4.78, 5) is 26.4. The van der Waals surface area contributed by atoms with Gasteiger partial charge in [0, 0.05) is 23.5 Å². The van der Waals surface area contributed by atoms with Gasteiger partial charge in [-0.2, -0.15) is 0 Å². The molecule has 0 bridgehead atoms. The Labute approximate surface area is 158 Å². The molecule has 0 spiro atoms. The number of quaternary nitrogens is 1. The van der Waals surface area contributed by atoms with Crippen LogP contribution in [0.3, 0.4) is 0 Å². The average molecular weight is 369 g/mol. The molecule has 142 valence electrons. The van der Waals surface area contributed by atoms with Crippen LogP contribution >= 0.6 is 0 Å². The average Bonchev–Trinajstić information content (AvgIpc) is 2.64. The fourth-order valence-electron chi connectivity index (χ4n) is 3.48. The Balaban J connectivity index is 1.53. The van der Waals surface area contributed by atoms with Gasteiger partial charge in [-0.05, 0) is 37.1 Å². The summed E-state index contributed by atoms with van der Waals surface area (Å²) in [5.74, 6) is -0.0636. The van der Waals surface area contributed by atoms with Gasteiger partial charge in [0.1, 0.15) is 0 Å². The van der Waals surface area contributed by atoms with Gasteiger partial charge in [0.15, 0.2) is 6.54 Å². The van der Waals surface area contributed by atoms with E-state index in [1.54, 1.807) is 13.0 Å². The van der Waals surface area contributed by atoms with Crippen molar-refractivity contribution in [1.29, 1.82) is 0 Å². The molecular weight excluding hydrogens is 344 g/mol. The predicted octanol–water partition coefficient (Wildman–Crippen LogP) is 1.56. The summed E-state index contributed by atoms with van der Waals surface area (Å²) in [6.45, 7) is 7.93. The number of hydrogen-bond donors (Lipinski definition) is 2. The molecule has 0 aromatic heterocycles. The van der Waals surface area contributed by atoms with E-state index >= 15 is 0 Å². The van der Waals surface area contributed by atoms with Crippen LogP contribution in [0, 0.1) is 24.0 Å². The summed E-state index contributed by atoms with van der Waals surface area (Å²) in [6, 6.07) is 12.8. The third kappa shape index (κ3) is 4.62. The maximum absolute atomic E-state index is 12.4. The number of aryl methyl sites for hydroxylation is 2. The van der Waals surface area contributed by atoms with Crippen molar-refractivity contribution in [3.8, 4) is 0 Å². The van der Waals surface area contributed by atoms with Gasteiger partial charge >= 0.3 is 0 Å². The number of amides is 1. The number of nitrogens with one attached hydrogen (secondary N) is 2. The highest BCUT2D eigenvalue weighted by Crippen LogP contribution is 2.21. The number of nitrogens with zero attached hydrogens (tertiary/aromatic N) is 2. The van der Waals surface area contributed by atoms with Crippen LogP contribution in [0.25, 0.3) is 0 Å². The fourth-order valence-corrected chi connectivity index (χ4v) is 3.48. The van der Waals surface area contributed by atoms with E-state index in [4.69, 9.17) is 0 Å². The summed E-state index contributed by atoms with van der Waals surface area (Å²) >= 11 is 0. The van der Waals surface area contributed by atoms with Crippen LogP contribution in [-0.2, 0) is 4.79 Å². The van der Waals surface area contributed by atoms with Gasteiger partial charge in [0.25, 0.3) is 11.6 Å². The van der Waals surface area contributed by atoms with Crippen LogP contribution in [-0.4, -0.2) is 43.6 Å². The Hall–Kier alpha value is -2.93. The number of carbonyl (C=O) groups excluding carboxylic acids is 1. The Morgan fingerprint density at radius 3 is 2.48 bits per heavy atom. The van der Waals surface area contributed by atoms with E-state index in [1.165, 1.54) is 28.3 Å². The lowest BCUT2D eigenvalue weighted by atomic mass is 10.1. The van der Waals surface area contributed by atoms with Crippen molar-refractivity contribution < 1.29 is 14.6 Å². The van der Waals surface area contributed by atoms with E-state index in [9.17, 15) is 14.9 Å². The molecule has 1 aliphatic heterocycles. The molecule has 1 saturated heterocycles. The molecule has 1 heterocycles. The van der Waals surface area contributed by atoms with E-state index in [1.807, 2.05) is 6.07 Å². The minimum Gasteiger partial charge on any atom is -0.360 e. The summed E-state index contributed by atoms with van der Waals surface area (Å²) < 4.78 is 0. The molecule has 7 heteroatoms. The minimum absolute atomic E-state index is 0.0310. The van der Waals surface area contributed by atoms with E-state index in [0.717, 1.165) is 26.2 Å². The Morgan fingerprint density at radius 2 is 1.85 bits per heavy atom. The number of para-hydroxylation sites is 1. The van der Waals surface area contributed by atoms with Crippen LogP contribution in [0.2, 0.25) is 0 Å². The first-order chi connectivity index (χ1) is 12.9. The molecular formula is C20H25N4O3+. The SMILES string of the molecule is Cc1cc([N+](=O)[O-])ccc1NC(=O)C[NH+]1CCN(c2ccccc2C)CC1. The lowest BCUT2D eigenvalue weighted by Gasteiger charge is -2.34. The standard InChI is InChI=1S/C20H24N4O3/c1-15-5-3-4-6-19(15)23-11-9-22(10-12-23)14-20(25)21-18-8-7-17(24(26)27)13-16(18)2/h3-8,13H,9-12,14H2,1-2H3,(H,21,25)/p+1. The molecule has 0 atom stereocenters. The largest absolute Gasteiger partial charge is 0.360 e. The normalized spacial score (nSPS) is 14.8. The van der Waals surface area contributed by atoms with Gasteiger partial charge in [-0.3, -0.25) is 14.9 Å². The van der Waals surface area contributed by atoms with Gasteiger partial charge < -0.3 is 15.1 Å². The van der Waals surface area contributed by atoms with Crippen LogP contribution < -0.4 is 15.1 Å². The summed E-state index contributed by atoms with van der Waals surface area (Å²) in [5, 5.41) is 13.7. The molecule has 27 heavy (non-hydrogen) atoms. The van der Waals surface area contributed by atoms with Crippen molar-refractivity contribution in [1.82, 2.24) is 0 Å². The zero-order chi connectivity index (χ0) is 19.4. The predicted molar refractivity (Wildman–Crippen MR) is 105 cm³/mol. The molecule has 0 saturated carbocycles. The molecule has 3 rings (SSSR count). The van der Waals surface area contributed by atoms with Crippen molar-refractivity contribution in [3.63, 3.8) is 0 Å². The third-order valence-corrected chi connectivity index (χ3v) is 5.03. The number of nitro benzene ring substituents is 1. The van der Waals surface area contributed by atoms with E-state index in [2.05, 4.69) is 35.3 Å². The molecule has 7 nitrogen and oxygen atoms in total. The van der Waals surface area contributed by atoms with Gasteiger partial charge in [0.2, 0.25) is 0 Å². The lowest BCUT2D eigenvalue weighted by Crippen LogP contribution is -3.15. The first-order valence-corrected chi connectivity index (χ1v) is 9.13. The molecule has 1 fully saturated rings. The van der Waals surface area contributed by atoms with Crippen LogP contribution in [0.4, 0.5) is 17.1 Å². The third-order valence-electron chi connectivity index (χ3n) is 5.03. The summed E-state index contributed by atoms with van der Waals surface area (Å²) in [7, 11) is 0. The Kier molecular flexibility index (Phi) is 5.71. The van der Waals surface area contributed by atoms with Gasteiger partial charge in [-0.1, -0.05) is 18.2 Å². The van der Waals surface area contributed by atoms with Crippen LogP contribution in [0.15, 0.2) is 42.5 Å². The molecule has 1 amide bonds. The highest BCUT2D eigenvalue weighted by Gasteiger charge is 2.23. The van der Waals surface area contributed by atoms with Crippen molar-refractivity contribution in [2.45, 2.75) is 13.8 Å². The van der Waals surface area contributed by atoms with Gasteiger partial charge in [-0.15, -0.1) is 0 Å². The number of piperazine rings is 1. The van der Waals surface area contributed by atoms with E-state index < -0.39 is 4.92 Å². The first kappa shape index (κ1) is 18.8.